The third-order valence-corrected chi connectivity index (χ3v) is 6.89. The normalized spacial score (nSPS) is 30.0. The molecule has 1 aliphatic heterocycles. The maximum absolute atomic E-state index is 13.1. The van der Waals surface area contributed by atoms with Crippen molar-refractivity contribution < 1.29 is 14.0 Å². The third kappa shape index (κ3) is 4.26. The lowest BCUT2D eigenvalue weighted by Crippen LogP contribution is -2.56. The number of nitrogens with zero attached hydrogens (tertiary/aromatic N) is 2. The van der Waals surface area contributed by atoms with Gasteiger partial charge in [-0.1, -0.05) is 0 Å². The van der Waals surface area contributed by atoms with Crippen LogP contribution in [0.15, 0.2) is 24.3 Å². The molecule has 30 heavy (non-hydrogen) atoms. The summed E-state index contributed by atoms with van der Waals surface area (Å²) in [4.78, 5) is 26.8. The van der Waals surface area contributed by atoms with Crippen LogP contribution in [0.3, 0.4) is 0 Å². The molecule has 3 atom stereocenters. The molecule has 160 valence electrons. The smallest absolute Gasteiger partial charge is 0.319 e. The summed E-state index contributed by atoms with van der Waals surface area (Å²) < 4.78 is 13.1. The van der Waals surface area contributed by atoms with Crippen molar-refractivity contribution in [1.29, 1.82) is 5.26 Å². The topological polar surface area (TPSA) is 97.3 Å². The van der Waals surface area contributed by atoms with E-state index in [1.807, 2.05) is 0 Å². The third-order valence-electron chi connectivity index (χ3n) is 6.89. The van der Waals surface area contributed by atoms with E-state index in [1.54, 1.807) is 4.90 Å². The number of likely N-dealkylation sites (tertiary alicyclic amines) is 1. The second-order valence-corrected chi connectivity index (χ2v) is 8.90. The van der Waals surface area contributed by atoms with Crippen LogP contribution in [0.5, 0.6) is 0 Å². The molecule has 2 unspecified atom stereocenters. The zero-order chi connectivity index (χ0) is 21.2. The number of carbonyl (C=O) groups excluding carboxylic acids is 2. The quantitative estimate of drug-likeness (QED) is 0.691. The number of amides is 3. The van der Waals surface area contributed by atoms with Crippen LogP contribution in [0, 0.1) is 17.1 Å². The van der Waals surface area contributed by atoms with Crippen molar-refractivity contribution in [1.82, 2.24) is 15.5 Å². The lowest BCUT2D eigenvalue weighted by atomic mass is 9.78. The maximum Gasteiger partial charge on any atom is 0.319 e. The highest BCUT2D eigenvalue weighted by Crippen LogP contribution is 2.48. The molecule has 3 amide bonds. The largest absolute Gasteiger partial charge is 0.332 e. The first-order valence-corrected chi connectivity index (χ1v) is 10.7. The summed E-state index contributed by atoms with van der Waals surface area (Å²) in [6.45, 7) is 0.886. The van der Waals surface area contributed by atoms with Crippen LogP contribution < -0.4 is 16.0 Å². The van der Waals surface area contributed by atoms with Crippen molar-refractivity contribution in [3.8, 4) is 6.07 Å². The molecule has 7 nitrogen and oxygen atoms in total. The van der Waals surface area contributed by atoms with E-state index in [1.165, 1.54) is 24.3 Å². The molecule has 2 bridgehead atoms. The van der Waals surface area contributed by atoms with Gasteiger partial charge in [0.25, 0.3) is 0 Å². The molecule has 0 aromatic heterocycles. The van der Waals surface area contributed by atoms with Gasteiger partial charge in [0.05, 0.1) is 12.6 Å². The molecular weight excluding hydrogens is 385 g/mol. The van der Waals surface area contributed by atoms with Gasteiger partial charge in [-0.2, -0.15) is 5.26 Å². The Hall–Kier alpha value is -2.66. The molecule has 4 rings (SSSR count). The summed E-state index contributed by atoms with van der Waals surface area (Å²) in [6, 6.07) is 7.32. The molecular formula is C22H28FN5O2. The summed E-state index contributed by atoms with van der Waals surface area (Å²) in [5.74, 6) is -0.360. The summed E-state index contributed by atoms with van der Waals surface area (Å²) in [5, 5.41) is 18.6. The molecule has 8 heteroatoms. The average Bonchev–Trinajstić information content (AvgIpc) is 3.30. The lowest BCUT2D eigenvalue weighted by Gasteiger charge is -2.40. The van der Waals surface area contributed by atoms with Crippen molar-refractivity contribution in [3.63, 3.8) is 0 Å². The second kappa shape index (κ2) is 8.23. The maximum atomic E-state index is 13.1. The summed E-state index contributed by atoms with van der Waals surface area (Å²) >= 11 is 0. The Morgan fingerprint density at radius 3 is 2.63 bits per heavy atom. The van der Waals surface area contributed by atoms with Gasteiger partial charge in [0, 0.05) is 23.3 Å². The molecule has 3 N–H and O–H groups in total. The minimum atomic E-state index is -0.344. The number of halogens is 1. The van der Waals surface area contributed by atoms with Gasteiger partial charge in [-0.05, 0) is 75.6 Å². The van der Waals surface area contributed by atoms with E-state index in [0.29, 0.717) is 12.2 Å². The molecule has 0 spiro atoms. The first kappa shape index (κ1) is 20.6. The average molecular weight is 413 g/mol. The molecule has 2 saturated carbocycles. The standard InChI is InChI=1S/C22H28FN5O2/c23-16-4-6-17(7-5-16)26-20(30)27-22-9-2-8-21(15-22,10-11-22)25-14-19(29)28-12-1-3-18(28)13-24/h4-7,18,25H,1-3,8-12,14-15H2,(H2,26,27,30)/t18-,21?,22?/m0/s1. The van der Waals surface area contributed by atoms with Gasteiger partial charge in [-0.25, -0.2) is 9.18 Å². The van der Waals surface area contributed by atoms with Gasteiger partial charge >= 0.3 is 6.03 Å². The van der Waals surface area contributed by atoms with Gasteiger partial charge in [0.1, 0.15) is 11.9 Å². The fourth-order valence-corrected chi connectivity index (χ4v) is 5.40. The van der Waals surface area contributed by atoms with Gasteiger partial charge in [0.2, 0.25) is 5.91 Å². The Labute approximate surface area is 176 Å². The lowest BCUT2D eigenvalue weighted by molar-refractivity contribution is -0.130. The molecule has 2 aliphatic carbocycles. The Morgan fingerprint density at radius 1 is 1.13 bits per heavy atom. The van der Waals surface area contributed by atoms with E-state index < -0.39 is 0 Å². The summed E-state index contributed by atoms with van der Waals surface area (Å²) in [6.07, 6.45) is 7.03. The first-order valence-electron chi connectivity index (χ1n) is 10.7. The molecule has 1 saturated heterocycles. The minimum Gasteiger partial charge on any atom is -0.332 e. The van der Waals surface area contributed by atoms with Gasteiger partial charge in [0.15, 0.2) is 0 Å². The number of nitrogens with one attached hydrogen (secondary N) is 3. The number of urea groups is 1. The van der Waals surface area contributed by atoms with Gasteiger partial charge in [-0.15, -0.1) is 0 Å². The predicted molar refractivity (Wildman–Crippen MR) is 110 cm³/mol. The van der Waals surface area contributed by atoms with E-state index in [9.17, 15) is 19.2 Å². The van der Waals surface area contributed by atoms with Gasteiger partial charge < -0.3 is 20.9 Å². The van der Waals surface area contributed by atoms with E-state index in [-0.39, 0.29) is 41.4 Å². The molecule has 3 aliphatic rings. The number of nitriles is 1. The number of fused-ring (bicyclic) bond motifs is 2. The van der Waals surface area contributed by atoms with Crippen LogP contribution in [0.25, 0.3) is 0 Å². The Kier molecular flexibility index (Phi) is 5.65. The van der Waals surface area contributed by atoms with Crippen molar-refractivity contribution in [3.05, 3.63) is 30.1 Å². The Morgan fingerprint density at radius 2 is 1.87 bits per heavy atom. The van der Waals surface area contributed by atoms with E-state index in [4.69, 9.17) is 0 Å². The number of hydrogen-bond acceptors (Lipinski definition) is 4. The van der Waals surface area contributed by atoms with E-state index >= 15 is 0 Å². The number of rotatable bonds is 5. The van der Waals surface area contributed by atoms with E-state index in [0.717, 1.165) is 51.4 Å². The Balaban J connectivity index is 1.33. The highest BCUT2D eigenvalue weighted by atomic mass is 19.1. The van der Waals surface area contributed by atoms with Crippen LogP contribution in [-0.2, 0) is 4.79 Å². The van der Waals surface area contributed by atoms with Crippen LogP contribution in [0.1, 0.15) is 51.4 Å². The zero-order valence-corrected chi connectivity index (χ0v) is 17.0. The molecule has 1 aromatic carbocycles. The minimum absolute atomic E-state index is 0.0153. The molecule has 1 heterocycles. The Bertz CT molecular complexity index is 854. The highest BCUT2D eigenvalue weighted by molar-refractivity contribution is 5.89. The van der Waals surface area contributed by atoms with Crippen molar-refractivity contribution in [2.75, 3.05) is 18.4 Å². The van der Waals surface area contributed by atoms with Crippen molar-refractivity contribution in [2.24, 2.45) is 0 Å². The predicted octanol–water partition coefficient (Wildman–Crippen LogP) is 2.90. The van der Waals surface area contributed by atoms with Crippen molar-refractivity contribution in [2.45, 2.75) is 68.5 Å². The summed E-state index contributed by atoms with van der Waals surface area (Å²) in [7, 11) is 0. The number of carbonyl (C=O) groups is 2. The summed E-state index contributed by atoms with van der Waals surface area (Å²) in [5.41, 5.74) is 0.104. The van der Waals surface area contributed by atoms with E-state index in [2.05, 4.69) is 22.0 Å². The number of anilines is 1. The van der Waals surface area contributed by atoms with Crippen LogP contribution in [0.2, 0.25) is 0 Å². The number of benzene rings is 1. The zero-order valence-electron chi connectivity index (χ0n) is 17.0. The second-order valence-electron chi connectivity index (χ2n) is 8.90. The fraction of sp³-hybridized carbons (Fsp3) is 0.591. The number of hydrogen-bond donors (Lipinski definition) is 3. The highest BCUT2D eigenvalue weighted by Gasteiger charge is 2.51. The SMILES string of the molecule is N#C[C@@H]1CCCN1C(=O)CNC12CCCC(NC(=O)Nc3ccc(F)cc3)(CC1)C2. The monoisotopic (exact) mass is 413 g/mol. The van der Waals surface area contributed by atoms with Crippen LogP contribution >= 0.6 is 0 Å². The fourth-order valence-electron chi connectivity index (χ4n) is 5.40. The molecule has 3 fully saturated rings. The first-order chi connectivity index (χ1) is 14.4. The molecule has 0 radical (unpaired) electrons. The molecule has 1 aromatic rings. The van der Waals surface area contributed by atoms with Gasteiger partial charge in [-0.3, -0.25) is 4.79 Å². The van der Waals surface area contributed by atoms with Crippen LogP contribution in [0.4, 0.5) is 14.9 Å². The van der Waals surface area contributed by atoms with Crippen LogP contribution in [-0.4, -0.2) is 47.0 Å². The van der Waals surface area contributed by atoms with Crippen molar-refractivity contribution >= 4 is 17.6 Å².